The summed E-state index contributed by atoms with van der Waals surface area (Å²) < 4.78 is 7.07. The van der Waals surface area contributed by atoms with Crippen LogP contribution in [0.3, 0.4) is 0 Å². The number of pyridine rings is 1. The number of fused-ring (bicyclic) bond motifs is 5. The molecule has 8 heteroatoms. The van der Waals surface area contributed by atoms with Crippen LogP contribution in [0, 0.1) is 28.9 Å². The molecule has 0 spiro atoms. The molecule has 1 aromatic heterocycles. The fourth-order valence-electron chi connectivity index (χ4n) is 5.70. The number of carbonyl (C=O) groups excluding carboxylic acids is 1. The number of aryl methyl sites for hydroxylation is 1. The second-order valence-electron chi connectivity index (χ2n) is 9.55. The number of nitro groups is 1. The maximum atomic E-state index is 13.3. The molecular formula is C24H29N3O5. The number of aromatic nitrogens is 1. The second-order valence-corrected chi connectivity index (χ2v) is 9.55. The van der Waals surface area contributed by atoms with Gasteiger partial charge >= 0.3 is 5.97 Å². The first-order valence-electron chi connectivity index (χ1n) is 11.7. The molecule has 0 atom stereocenters. The Labute approximate surface area is 186 Å². The molecule has 4 aliphatic rings. The molecule has 6 rings (SSSR count). The third kappa shape index (κ3) is 3.45. The van der Waals surface area contributed by atoms with E-state index in [0.717, 1.165) is 31.5 Å². The van der Waals surface area contributed by atoms with E-state index < -0.39 is 11.4 Å². The Morgan fingerprint density at radius 2 is 1.78 bits per heavy atom. The molecule has 2 saturated heterocycles. The lowest BCUT2D eigenvalue weighted by molar-refractivity contribution is -0.384. The average molecular weight is 440 g/mol. The molecule has 2 bridgehead atoms. The zero-order chi connectivity index (χ0) is 22.6. The minimum atomic E-state index is -0.678. The van der Waals surface area contributed by atoms with E-state index in [1.54, 1.807) is 13.1 Å². The van der Waals surface area contributed by atoms with Gasteiger partial charge in [-0.3, -0.25) is 14.9 Å². The predicted octanol–water partition coefficient (Wildman–Crippen LogP) is 4.36. The summed E-state index contributed by atoms with van der Waals surface area (Å²) in [5, 5.41) is 12.4. The number of nitrogens with zero attached hydrogens (tertiary/aromatic N) is 3. The first-order valence-corrected chi connectivity index (χ1v) is 11.7. The molecule has 32 heavy (non-hydrogen) atoms. The number of benzene rings is 1. The highest BCUT2D eigenvalue weighted by atomic mass is 16.6. The molecule has 0 unspecified atom stereocenters. The second kappa shape index (κ2) is 7.90. The lowest BCUT2D eigenvalue weighted by Crippen LogP contribution is -2.30. The first-order chi connectivity index (χ1) is 15.4. The van der Waals surface area contributed by atoms with Crippen molar-refractivity contribution >= 4 is 28.2 Å². The van der Waals surface area contributed by atoms with Crippen LogP contribution < -0.4 is 10.3 Å². The van der Waals surface area contributed by atoms with Gasteiger partial charge in [-0.1, -0.05) is 0 Å². The molecule has 4 fully saturated rings. The van der Waals surface area contributed by atoms with E-state index in [-0.39, 0.29) is 34.2 Å². The van der Waals surface area contributed by atoms with Gasteiger partial charge < -0.3 is 14.2 Å². The Bertz CT molecular complexity index is 1140. The van der Waals surface area contributed by atoms with Crippen molar-refractivity contribution in [2.24, 2.45) is 11.8 Å². The van der Waals surface area contributed by atoms with Gasteiger partial charge in [-0.25, -0.2) is 4.79 Å². The number of hydrogen-bond donors (Lipinski definition) is 0. The van der Waals surface area contributed by atoms with Crippen LogP contribution in [-0.2, 0) is 4.74 Å². The third-order valence-corrected chi connectivity index (χ3v) is 7.38. The number of carbonyl (C=O) groups is 1. The maximum Gasteiger partial charge on any atom is 0.343 e. The minimum Gasteiger partial charge on any atom is -0.462 e. The zero-order valence-electron chi connectivity index (χ0n) is 18.6. The van der Waals surface area contributed by atoms with Crippen molar-refractivity contribution in [2.45, 2.75) is 58.4 Å². The average Bonchev–Trinajstić information content (AvgIpc) is 3.62. The summed E-state index contributed by atoms with van der Waals surface area (Å²) in [6.45, 7) is 5.37. The Morgan fingerprint density at radius 3 is 2.31 bits per heavy atom. The Hall–Kier alpha value is -2.90. The van der Waals surface area contributed by atoms with E-state index in [9.17, 15) is 19.7 Å². The molecule has 1 aromatic carbocycles. The third-order valence-electron chi connectivity index (χ3n) is 7.38. The minimum absolute atomic E-state index is 0.0447. The van der Waals surface area contributed by atoms with Crippen LogP contribution in [0.4, 0.5) is 11.4 Å². The Balaban J connectivity index is 1.76. The zero-order valence-corrected chi connectivity index (χ0v) is 18.6. The molecule has 2 aromatic rings. The fourth-order valence-corrected chi connectivity index (χ4v) is 5.70. The van der Waals surface area contributed by atoms with E-state index in [1.807, 2.05) is 11.5 Å². The summed E-state index contributed by atoms with van der Waals surface area (Å²) in [6, 6.07) is 1.59. The number of rotatable bonds is 5. The molecule has 0 radical (unpaired) electrons. The molecule has 2 aliphatic carbocycles. The highest BCUT2D eigenvalue weighted by molar-refractivity contribution is 5.98. The van der Waals surface area contributed by atoms with Crippen molar-refractivity contribution in [3.63, 3.8) is 0 Å². The summed E-state index contributed by atoms with van der Waals surface area (Å²) in [7, 11) is 0. The van der Waals surface area contributed by atoms with Gasteiger partial charge in [0, 0.05) is 37.0 Å². The Kier molecular flexibility index (Phi) is 5.18. The monoisotopic (exact) mass is 439 g/mol. The highest BCUT2D eigenvalue weighted by Crippen LogP contribution is 2.44. The summed E-state index contributed by atoms with van der Waals surface area (Å²) in [5.41, 5.74) is 1.51. The van der Waals surface area contributed by atoms with Crippen molar-refractivity contribution in [2.75, 3.05) is 24.6 Å². The van der Waals surface area contributed by atoms with Crippen molar-refractivity contribution in [3.05, 3.63) is 43.7 Å². The summed E-state index contributed by atoms with van der Waals surface area (Å²) in [4.78, 5) is 39.7. The highest BCUT2D eigenvalue weighted by Gasteiger charge is 2.36. The van der Waals surface area contributed by atoms with Gasteiger partial charge in [0.25, 0.3) is 5.69 Å². The van der Waals surface area contributed by atoms with Gasteiger partial charge in [0.15, 0.2) is 0 Å². The Morgan fingerprint density at radius 1 is 1.16 bits per heavy atom. The van der Waals surface area contributed by atoms with E-state index in [2.05, 4.69) is 4.90 Å². The number of esters is 1. The van der Waals surface area contributed by atoms with Crippen molar-refractivity contribution < 1.29 is 14.5 Å². The number of anilines is 1. The van der Waals surface area contributed by atoms with Crippen LogP contribution in [0.2, 0.25) is 0 Å². The summed E-state index contributed by atoms with van der Waals surface area (Å²) in [5.74, 6) is 0.433. The van der Waals surface area contributed by atoms with Gasteiger partial charge in [-0.2, -0.15) is 0 Å². The number of nitro benzene ring substituents is 1. The normalized spacial score (nSPS) is 22.8. The van der Waals surface area contributed by atoms with Crippen LogP contribution in [0.5, 0.6) is 0 Å². The van der Waals surface area contributed by atoms with Crippen LogP contribution in [0.25, 0.3) is 10.9 Å². The van der Waals surface area contributed by atoms with Crippen molar-refractivity contribution in [1.29, 1.82) is 0 Å². The molecule has 3 heterocycles. The van der Waals surface area contributed by atoms with Crippen LogP contribution >= 0.6 is 0 Å². The number of hydrogen-bond acceptors (Lipinski definition) is 6. The molecule has 2 saturated carbocycles. The molecule has 0 N–H and O–H groups in total. The lowest BCUT2D eigenvalue weighted by atomic mass is 9.84. The van der Waals surface area contributed by atoms with Gasteiger partial charge in [0.2, 0.25) is 5.43 Å². The molecule has 2 aliphatic heterocycles. The van der Waals surface area contributed by atoms with Gasteiger partial charge in [-0.05, 0) is 64.2 Å². The van der Waals surface area contributed by atoms with Gasteiger partial charge in [0.1, 0.15) is 11.3 Å². The quantitative estimate of drug-likeness (QED) is 0.390. The molecular weight excluding hydrogens is 410 g/mol. The lowest BCUT2D eigenvalue weighted by Gasteiger charge is -2.28. The van der Waals surface area contributed by atoms with Crippen molar-refractivity contribution in [1.82, 2.24) is 4.57 Å². The fraction of sp³-hybridized carbons (Fsp3) is 0.583. The van der Waals surface area contributed by atoms with E-state index >= 15 is 0 Å². The van der Waals surface area contributed by atoms with E-state index in [4.69, 9.17) is 4.74 Å². The predicted molar refractivity (Wildman–Crippen MR) is 121 cm³/mol. The van der Waals surface area contributed by atoms with Crippen molar-refractivity contribution in [3.8, 4) is 0 Å². The maximum absolute atomic E-state index is 13.3. The first kappa shape index (κ1) is 21.0. The van der Waals surface area contributed by atoms with E-state index in [0.29, 0.717) is 23.0 Å². The smallest absolute Gasteiger partial charge is 0.343 e. The number of ether oxygens (including phenoxy) is 1. The SMILES string of the molecule is CCOC(=O)c1cn(C2CC2)c2c(C)c(N3CC4CCC(CC4)C3)c([N+](=O)[O-])cc2c1=O. The van der Waals surface area contributed by atoms with Gasteiger partial charge in [0.05, 0.1) is 22.4 Å². The molecule has 170 valence electrons. The van der Waals surface area contributed by atoms with Crippen LogP contribution in [-0.4, -0.2) is 35.2 Å². The van der Waals surface area contributed by atoms with Crippen LogP contribution in [0.15, 0.2) is 17.1 Å². The summed E-state index contributed by atoms with van der Waals surface area (Å²) in [6.07, 6.45) is 8.23. The molecule has 8 nitrogen and oxygen atoms in total. The standard InChI is InChI=1S/C24H29N3O5/c1-3-32-24(29)19-13-26(17-8-9-17)21-14(2)22(20(27(30)31)10-18(21)23(19)28)25-11-15-4-5-16(12-25)7-6-15/h10,13,15-17H,3-9,11-12H2,1-2H3. The van der Waals surface area contributed by atoms with Crippen LogP contribution in [0.1, 0.15) is 67.4 Å². The summed E-state index contributed by atoms with van der Waals surface area (Å²) >= 11 is 0. The van der Waals surface area contributed by atoms with E-state index in [1.165, 1.54) is 31.7 Å². The van der Waals surface area contributed by atoms with Gasteiger partial charge in [-0.15, -0.1) is 0 Å². The topological polar surface area (TPSA) is 94.7 Å². The molecule has 0 amide bonds. The largest absolute Gasteiger partial charge is 0.462 e.